The van der Waals surface area contributed by atoms with Gasteiger partial charge in [-0.1, -0.05) is 6.92 Å². The van der Waals surface area contributed by atoms with Crippen molar-refractivity contribution in [3.63, 3.8) is 0 Å². The molecule has 96 valence electrons. The zero-order valence-electron chi connectivity index (χ0n) is 11.0. The van der Waals surface area contributed by atoms with E-state index < -0.39 is 0 Å². The van der Waals surface area contributed by atoms with Crippen molar-refractivity contribution in [2.45, 2.75) is 46.2 Å². The number of carbonyl (C=O) groups excluding carboxylic acids is 1. The van der Waals surface area contributed by atoms with Crippen molar-refractivity contribution in [3.8, 4) is 0 Å². The van der Waals surface area contributed by atoms with Crippen LogP contribution in [0.2, 0.25) is 0 Å². The minimum atomic E-state index is -0.168. The molecule has 1 aromatic rings. The van der Waals surface area contributed by atoms with Gasteiger partial charge in [0, 0.05) is 23.2 Å². The Bertz CT molecular complexity index is 368. The van der Waals surface area contributed by atoms with Crippen LogP contribution in [0.15, 0.2) is 6.20 Å². The van der Waals surface area contributed by atoms with E-state index >= 15 is 0 Å². The number of nitrogens with one attached hydrogen (secondary N) is 2. The Morgan fingerprint density at radius 2 is 2.18 bits per heavy atom. The van der Waals surface area contributed by atoms with Crippen molar-refractivity contribution >= 4 is 17.2 Å². The highest BCUT2D eigenvalue weighted by molar-refractivity contribution is 7.11. The van der Waals surface area contributed by atoms with Gasteiger partial charge in [0.05, 0.1) is 11.6 Å². The molecule has 4 nitrogen and oxygen atoms in total. The van der Waals surface area contributed by atoms with Crippen molar-refractivity contribution in [1.82, 2.24) is 15.6 Å². The highest BCUT2D eigenvalue weighted by Crippen LogP contribution is 2.12. The van der Waals surface area contributed by atoms with E-state index in [0.717, 1.165) is 11.4 Å². The number of nitrogens with zero attached hydrogens (tertiary/aromatic N) is 1. The number of hydrogen-bond acceptors (Lipinski definition) is 4. The summed E-state index contributed by atoms with van der Waals surface area (Å²) in [5.41, 5.74) is -0.168. The van der Waals surface area contributed by atoms with Crippen LogP contribution in [0.4, 0.5) is 0 Å². The Balaban J connectivity index is 2.26. The van der Waals surface area contributed by atoms with Crippen LogP contribution in [-0.4, -0.2) is 23.0 Å². The third-order valence-corrected chi connectivity index (χ3v) is 3.14. The number of aromatic nitrogens is 1. The van der Waals surface area contributed by atoms with Gasteiger partial charge in [0.25, 0.3) is 0 Å². The van der Waals surface area contributed by atoms with Crippen molar-refractivity contribution in [2.75, 3.05) is 6.54 Å². The lowest BCUT2D eigenvalue weighted by molar-refractivity contribution is -0.121. The lowest BCUT2D eigenvalue weighted by atomic mass is 10.1. The van der Waals surface area contributed by atoms with E-state index in [0.29, 0.717) is 13.1 Å². The minimum absolute atomic E-state index is 0.0257. The van der Waals surface area contributed by atoms with Gasteiger partial charge in [-0.25, -0.2) is 4.98 Å². The standard InChI is InChI=1S/C12H21N3OS/c1-5-11-14-7-9(17-11)6-13-8-10(16)15-12(2,3)4/h7,13H,5-6,8H2,1-4H3,(H,15,16). The maximum absolute atomic E-state index is 11.5. The van der Waals surface area contributed by atoms with Crippen LogP contribution in [-0.2, 0) is 17.8 Å². The third-order valence-electron chi connectivity index (χ3n) is 2.00. The van der Waals surface area contributed by atoms with Crippen LogP contribution in [0.3, 0.4) is 0 Å². The van der Waals surface area contributed by atoms with E-state index in [1.165, 1.54) is 4.88 Å². The molecule has 0 aliphatic heterocycles. The molecular weight excluding hydrogens is 234 g/mol. The molecule has 1 amide bonds. The van der Waals surface area contributed by atoms with Gasteiger partial charge in [0.15, 0.2) is 0 Å². The molecule has 0 fully saturated rings. The van der Waals surface area contributed by atoms with Crippen LogP contribution in [0.1, 0.15) is 37.6 Å². The Morgan fingerprint density at radius 3 is 2.71 bits per heavy atom. The number of amides is 1. The molecule has 0 spiro atoms. The Kier molecular flexibility index (Phi) is 5.08. The average molecular weight is 255 g/mol. The van der Waals surface area contributed by atoms with Crippen LogP contribution in [0, 0.1) is 0 Å². The number of carbonyl (C=O) groups is 1. The predicted molar refractivity (Wildman–Crippen MR) is 71.1 cm³/mol. The maximum atomic E-state index is 11.5. The van der Waals surface area contributed by atoms with E-state index in [1.807, 2.05) is 27.0 Å². The lowest BCUT2D eigenvalue weighted by Gasteiger charge is -2.20. The Hall–Kier alpha value is -0.940. The number of hydrogen-bond donors (Lipinski definition) is 2. The van der Waals surface area contributed by atoms with Gasteiger partial charge in [-0.15, -0.1) is 11.3 Å². The molecule has 5 heteroatoms. The monoisotopic (exact) mass is 255 g/mol. The topological polar surface area (TPSA) is 54.0 Å². The summed E-state index contributed by atoms with van der Waals surface area (Å²) < 4.78 is 0. The van der Waals surface area contributed by atoms with Crippen molar-refractivity contribution in [3.05, 3.63) is 16.1 Å². The number of rotatable bonds is 5. The first kappa shape index (κ1) is 14.1. The molecule has 2 N–H and O–H groups in total. The smallest absolute Gasteiger partial charge is 0.234 e. The highest BCUT2D eigenvalue weighted by Gasteiger charge is 2.12. The molecule has 1 heterocycles. The predicted octanol–water partition coefficient (Wildman–Crippen LogP) is 1.71. The lowest BCUT2D eigenvalue weighted by Crippen LogP contribution is -2.44. The fourth-order valence-electron chi connectivity index (χ4n) is 1.35. The summed E-state index contributed by atoms with van der Waals surface area (Å²) in [6, 6.07) is 0. The quantitative estimate of drug-likeness (QED) is 0.842. The van der Waals surface area contributed by atoms with E-state index in [1.54, 1.807) is 11.3 Å². The third kappa shape index (κ3) is 5.79. The van der Waals surface area contributed by atoms with Gasteiger partial charge >= 0.3 is 0 Å². The van der Waals surface area contributed by atoms with Gasteiger partial charge in [0.2, 0.25) is 5.91 Å². The summed E-state index contributed by atoms with van der Waals surface area (Å²) in [6.45, 7) is 9.06. The molecule has 0 aromatic carbocycles. The Morgan fingerprint density at radius 1 is 1.47 bits per heavy atom. The molecular formula is C12H21N3OS. The summed E-state index contributed by atoms with van der Waals surface area (Å²) in [6.07, 6.45) is 2.84. The molecule has 0 aliphatic carbocycles. The fraction of sp³-hybridized carbons (Fsp3) is 0.667. The van der Waals surface area contributed by atoms with Gasteiger partial charge in [-0.05, 0) is 27.2 Å². The normalized spacial score (nSPS) is 11.5. The zero-order valence-corrected chi connectivity index (χ0v) is 11.8. The first-order chi connectivity index (χ1) is 7.90. The second kappa shape index (κ2) is 6.12. The summed E-state index contributed by atoms with van der Waals surface area (Å²) >= 11 is 1.69. The van der Waals surface area contributed by atoms with E-state index in [4.69, 9.17) is 0 Å². The molecule has 0 unspecified atom stereocenters. The van der Waals surface area contributed by atoms with Crippen LogP contribution in [0.25, 0.3) is 0 Å². The minimum Gasteiger partial charge on any atom is -0.350 e. The van der Waals surface area contributed by atoms with Crippen LogP contribution in [0.5, 0.6) is 0 Å². The number of thiazole rings is 1. The van der Waals surface area contributed by atoms with Gasteiger partial charge in [-0.2, -0.15) is 0 Å². The Labute approximate surface area is 107 Å². The van der Waals surface area contributed by atoms with Crippen LogP contribution >= 0.6 is 11.3 Å². The molecule has 0 radical (unpaired) electrons. The largest absolute Gasteiger partial charge is 0.350 e. The summed E-state index contributed by atoms with van der Waals surface area (Å²) in [5.74, 6) is 0.0257. The van der Waals surface area contributed by atoms with E-state index in [9.17, 15) is 4.79 Å². The molecule has 1 aromatic heterocycles. The number of aryl methyl sites for hydroxylation is 1. The molecule has 1 rings (SSSR count). The van der Waals surface area contributed by atoms with Gasteiger partial charge in [0.1, 0.15) is 0 Å². The van der Waals surface area contributed by atoms with Crippen LogP contribution < -0.4 is 10.6 Å². The molecule has 0 saturated heterocycles. The summed E-state index contributed by atoms with van der Waals surface area (Å²) in [4.78, 5) is 17.0. The van der Waals surface area contributed by atoms with Crippen molar-refractivity contribution in [1.29, 1.82) is 0 Å². The molecule has 0 bridgehead atoms. The molecule has 17 heavy (non-hydrogen) atoms. The first-order valence-electron chi connectivity index (χ1n) is 5.86. The zero-order chi connectivity index (χ0) is 12.9. The average Bonchev–Trinajstić information content (AvgIpc) is 2.63. The van der Waals surface area contributed by atoms with Gasteiger partial charge in [-0.3, -0.25) is 4.79 Å². The van der Waals surface area contributed by atoms with Gasteiger partial charge < -0.3 is 10.6 Å². The molecule has 0 atom stereocenters. The first-order valence-corrected chi connectivity index (χ1v) is 6.67. The van der Waals surface area contributed by atoms with E-state index in [-0.39, 0.29) is 11.4 Å². The van der Waals surface area contributed by atoms with Crippen molar-refractivity contribution < 1.29 is 4.79 Å². The van der Waals surface area contributed by atoms with E-state index in [2.05, 4.69) is 22.5 Å². The summed E-state index contributed by atoms with van der Waals surface area (Å²) in [5, 5.41) is 7.17. The molecule has 0 aliphatic rings. The summed E-state index contributed by atoms with van der Waals surface area (Å²) in [7, 11) is 0. The fourth-order valence-corrected chi connectivity index (χ4v) is 2.19. The second-order valence-electron chi connectivity index (χ2n) is 4.98. The highest BCUT2D eigenvalue weighted by atomic mass is 32.1. The second-order valence-corrected chi connectivity index (χ2v) is 6.18. The SMILES string of the molecule is CCc1ncc(CNCC(=O)NC(C)(C)C)s1. The molecule has 0 saturated carbocycles. The van der Waals surface area contributed by atoms with Crippen molar-refractivity contribution in [2.24, 2.45) is 0 Å². The maximum Gasteiger partial charge on any atom is 0.234 e.